The smallest absolute Gasteiger partial charge is 0.169 e. The quantitative estimate of drug-likeness (QED) is 0.812. The minimum Gasteiger partial charge on any atom is -0.484 e. The molecule has 1 aromatic heterocycles. The summed E-state index contributed by atoms with van der Waals surface area (Å²) in [5.74, 6) is 0.969. The second-order valence-corrected chi connectivity index (χ2v) is 4.71. The molecule has 0 aliphatic rings. The molecule has 0 fully saturated rings. The van der Waals surface area contributed by atoms with Crippen LogP contribution in [0.15, 0.2) is 43.9 Å². The van der Waals surface area contributed by atoms with E-state index < -0.39 is 0 Å². The highest BCUT2D eigenvalue weighted by Gasteiger charge is 2.05. The van der Waals surface area contributed by atoms with E-state index in [1.54, 1.807) is 12.1 Å². The van der Waals surface area contributed by atoms with Crippen LogP contribution in [-0.2, 0) is 6.61 Å². The molecular formula is C11H7Br2FO2. The molecule has 0 bridgehead atoms. The second kappa shape index (κ2) is 5.01. The number of halogens is 3. The Hall–Kier alpha value is -0.810. The second-order valence-electron chi connectivity index (χ2n) is 3.07. The van der Waals surface area contributed by atoms with Gasteiger partial charge in [0.15, 0.2) is 4.67 Å². The first-order valence-corrected chi connectivity index (χ1v) is 6.06. The summed E-state index contributed by atoms with van der Waals surface area (Å²) in [6, 6.07) is 7.86. The van der Waals surface area contributed by atoms with E-state index in [0.29, 0.717) is 27.3 Å². The lowest BCUT2D eigenvalue weighted by molar-refractivity contribution is 0.266. The van der Waals surface area contributed by atoms with Gasteiger partial charge in [0.2, 0.25) is 0 Å². The van der Waals surface area contributed by atoms with Crippen LogP contribution in [0, 0.1) is 5.82 Å². The third-order valence-electron chi connectivity index (χ3n) is 1.89. The molecular weight excluding hydrogens is 343 g/mol. The number of rotatable bonds is 3. The largest absolute Gasteiger partial charge is 0.484 e. The molecule has 5 heteroatoms. The van der Waals surface area contributed by atoms with Crippen molar-refractivity contribution in [2.45, 2.75) is 6.61 Å². The van der Waals surface area contributed by atoms with Crippen LogP contribution in [0.4, 0.5) is 4.39 Å². The first kappa shape index (κ1) is 11.7. The van der Waals surface area contributed by atoms with E-state index in [4.69, 9.17) is 9.15 Å². The van der Waals surface area contributed by atoms with E-state index in [1.807, 2.05) is 6.07 Å². The Labute approximate surface area is 109 Å². The molecule has 2 nitrogen and oxygen atoms in total. The van der Waals surface area contributed by atoms with Gasteiger partial charge in [0.05, 0.1) is 4.47 Å². The van der Waals surface area contributed by atoms with Gasteiger partial charge in [-0.2, -0.15) is 0 Å². The third kappa shape index (κ3) is 2.86. The summed E-state index contributed by atoms with van der Waals surface area (Å²) < 4.78 is 24.8. The standard InChI is InChI=1S/C11H7Br2FO2/c12-9-5-7(14)1-3-10(9)15-6-8-2-4-11(13)16-8/h1-5H,6H2. The lowest BCUT2D eigenvalue weighted by atomic mass is 10.3. The predicted octanol–water partition coefficient (Wildman–Crippen LogP) is 4.52. The summed E-state index contributed by atoms with van der Waals surface area (Å²) >= 11 is 6.42. The molecule has 1 aromatic carbocycles. The van der Waals surface area contributed by atoms with Gasteiger partial charge in [-0.15, -0.1) is 0 Å². The van der Waals surface area contributed by atoms with E-state index in [2.05, 4.69) is 31.9 Å². The summed E-state index contributed by atoms with van der Waals surface area (Å²) in [7, 11) is 0. The van der Waals surface area contributed by atoms with Crippen LogP contribution < -0.4 is 4.74 Å². The van der Waals surface area contributed by atoms with Crippen molar-refractivity contribution in [3.63, 3.8) is 0 Å². The summed E-state index contributed by atoms with van der Waals surface area (Å²) in [5.41, 5.74) is 0. The molecule has 0 saturated heterocycles. The highest BCUT2D eigenvalue weighted by molar-refractivity contribution is 9.10. The molecule has 1 heterocycles. The Morgan fingerprint density at radius 3 is 2.62 bits per heavy atom. The molecule has 84 valence electrons. The van der Waals surface area contributed by atoms with Crippen LogP contribution in [0.25, 0.3) is 0 Å². The summed E-state index contributed by atoms with van der Waals surface area (Å²) in [6.07, 6.45) is 0. The normalized spacial score (nSPS) is 10.4. The van der Waals surface area contributed by atoms with Crippen molar-refractivity contribution in [3.8, 4) is 5.75 Å². The van der Waals surface area contributed by atoms with Gasteiger partial charge >= 0.3 is 0 Å². The molecule has 0 aliphatic carbocycles. The van der Waals surface area contributed by atoms with Crippen LogP contribution in [0.1, 0.15) is 5.76 Å². The van der Waals surface area contributed by atoms with Crippen molar-refractivity contribution in [2.75, 3.05) is 0 Å². The molecule has 2 aromatic rings. The average molecular weight is 350 g/mol. The molecule has 0 amide bonds. The number of hydrogen-bond donors (Lipinski definition) is 0. The molecule has 0 atom stereocenters. The predicted molar refractivity (Wildman–Crippen MR) is 64.8 cm³/mol. The van der Waals surface area contributed by atoms with Crippen molar-refractivity contribution >= 4 is 31.9 Å². The first-order chi connectivity index (χ1) is 7.65. The topological polar surface area (TPSA) is 22.4 Å². The SMILES string of the molecule is Fc1ccc(OCc2ccc(Br)o2)c(Br)c1. The molecule has 0 unspecified atom stereocenters. The van der Waals surface area contributed by atoms with Crippen molar-refractivity contribution in [1.29, 1.82) is 0 Å². The van der Waals surface area contributed by atoms with Gasteiger partial charge in [-0.1, -0.05) is 0 Å². The van der Waals surface area contributed by atoms with Crippen LogP contribution in [-0.4, -0.2) is 0 Å². The summed E-state index contributed by atoms with van der Waals surface area (Å²) in [6.45, 7) is 0.301. The Kier molecular flexibility index (Phi) is 3.66. The maximum absolute atomic E-state index is 12.8. The fourth-order valence-corrected chi connectivity index (χ4v) is 1.98. The monoisotopic (exact) mass is 348 g/mol. The van der Waals surface area contributed by atoms with Crippen LogP contribution in [0.3, 0.4) is 0 Å². The zero-order chi connectivity index (χ0) is 11.5. The maximum Gasteiger partial charge on any atom is 0.169 e. The number of benzene rings is 1. The van der Waals surface area contributed by atoms with E-state index in [9.17, 15) is 4.39 Å². The molecule has 0 N–H and O–H groups in total. The van der Waals surface area contributed by atoms with Gasteiger partial charge in [0, 0.05) is 0 Å². The lowest BCUT2D eigenvalue weighted by Gasteiger charge is -2.06. The zero-order valence-electron chi connectivity index (χ0n) is 8.04. The van der Waals surface area contributed by atoms with Crippen LogP contribution in [0.5, 0.6) is 5.75 Å². The van der Waals surface area contributed by atoms with Crippen LogP contribution in [0.2, 0.25) is 0 Å². The Bertz CT molecular complexity index is 496. The number of hydrogen-bond acceptors (Lipinski definition) is 2. The van der Waals surface area contributed by atoms with E-state index in [-0.39, 0.29) is 5.82 Å². The minimum atomic E-state index is -0.306. The number of ether oxygens (including phenoxy) is 1. The summed E-state index contributed by atoms with van der Waals surface area (Å²) in [4.78, 5) is 0. The van der Waals surface area contributed by atoms with Crippen molar-refractivity contribution in [1.82, 2.24) is 0 Å². The van der Waals surface area contributed by atoms with Gasteiger partial charge in [0.25, 0.3) is 0 Å². The van der Waals surface area contributed by atoms with Gasteiger partial charge in [0.1, 0.15) is 23.9 Å². The molecule has 0 aliphatic heterocycles. The fourth-order valence-electron chi connectivity index (χ4n) is 1.17. The maximum atomic E-state index is 12.8. The number of furan rings is 1. The van der Waals surface area contributed by atoms with Crippen LogP contribution >= 0.6 is 31.9 Å². The highest BCUT2D eigenvalue weighted by atomic mass is 79.9. The van der Waals surface area contributed by atoms with Crippen molar-refractivity contribution in [2.24, 2.45) is 0 Å². The van der Waals surface area contributed by atoms with Gasteiger partial charge in [-0.25, -0.2) is 4.39 Å². The van der Waals surface area contributed by atoms with E-state index in [0.717, 1.165) is 0 Å². The van der Waals surface area contributed by atoms with Gasteiger partial charge < -0.3 is 9.15 Å². The average Bonchev–Trinajstić information content (AvgIpc) is 2.63. The van der Waals surface area contributed by atoms with Crippen molar-refractivity contribution < 1.29 is 13.5 Å². The van der Waals surface area contributed by atoms with Gasteiger partial charge in [-0.3, -0.25) is 0 Å². The fraction of sp³-hybridized carbons (Fsp3) is 0.0909. The molecule has 2 rings (SSSR count). The van der Waals surface area contributed by atoms with Crippen molar-refractivity contribution in [3.05, 3.63) is 51.1 Å². The Morgan fingerprint density at radius 2 is 2.00 bits per heavy atom. The molecule has 16 heavy (non-hydrogen) atoms. The molecule has 0 radical (unpaired) electrons. The third-order valence-corrected chi connectivity index (χ3v) is 2.94. The Morgan fingerprint density at radius 1 is 1.19 bits per heavy atom. The first-order valence-electron chi connectivity index (χ1n) is 4.47. The highest BCUT2D eigenvalue weighted by Crippen LogP contribution is 2.26. The minimum absolute atomic E-state index is 0.301. The zero-order valence-corrected chi connectivity index (χ0v) is 11.2. The summed E-state index contributed by atoms with van der Waals surface area (Å²) in [5, 5.41) is 0. The van der Waals surface area contributed by atoms with E-state index in [1.165, 1.54) is 12.1 Å². The van der Waals surface area contributed by atoms with Gasteiger partial charge in [-0.05, 0) is 62.2 Å². The molecule has 0 saturated carbocycles. The van der Waals surface area contributed by atoms with E-state index >= 15 is 0 Å². The Balaban J connectivity index is 2.04. The lowest BCUT2D eigenvalue weighted by Crippen LogP contribution is -1.94. The molecule has 0 spiro atoms.